The van der Waals surface area contributed by atoms with E-state index < -0.39 is 23.0 Å². The number of benzene rings is 2. The van der Waals surface area contributed by atoms with Crippen molar-refractivity contribution in [3.63, 3.8) is 0 Å². The SMILES string of the molecule is CCCCOC(=O)c1c(NC(=O)c2ccc(Cl)cc2CS(=O)O)nc(N(C)C)n1-c1ccccc1. The number of carbonyl (C=O) groups excluding carboxylic acids is 2. The molecule has 0 aliphatic heterocycles. The van der Waals surface area contributed by atoms with Gasteiger partial charge in [0.05, 0.1) is 12.4 Å². The summed E-state index contributed by atoms with van der Waals surface area (Å²) in [6, 6.07) is 13.6. The fourth-order valence-corrected chi connectivity index (χ4v) is 4.09. The number of nitrogens with zero attached hydrogens (tertiary/aromatic N) is 3. The highest BCUT2D eigenvalue weighted by Gasteiger charge is 2.28. The summed E-state index contributed by atoms with van der Waals surface area (Å²) >= 11 is 3.84. The highest BCUT2D eigenvalue weighted by atomic mass is 35.5. The van der Waals surface area contributed by atoms with Crippen molar-refractivity contribution in [1.82, 2.24) is 9.55 Å². The first kappa shape index (κ1) is 26.4. The van der Waals surface area contributed by atoms with Gasteiger partial charge in [-0.3, -0.25) is 9.36 Å². The zero-order valence-corrected chi connectivity index (χ0v) is 21.2. The Balaban J connectivity index is 2.10. The van der Waals surface area contributed by atoms with Crippen LogP contribution in [0, 0.1) is 0 Å². The third kappa shape index (κ3) is 6.47. The van der Waals surface area contributed by atoms with E-state index in [0.29, 0.717) is 28.6 Å². The molecule has 0 spiro atoms. The zero-order valence-electron chi connectivity index (χ0n) is 19.7. The highest BCUT2D eigenvalue weighted by Crippen LogP contribution is 2.29. The van der Waals surface area contributed by atoms with Crippen LogP contribution in [0.2, 0.25) is 5.02 Å². The molecular weight excluding hydrogens is 492 g/mol. The number of carbonyl (C=O) groups is 2. The number of hydrogen-bond donors (Lipinski definition) is 2. The van der Waals surface area contributed by atoms with E-state index in [-0.39, 0.29) is 29.4 Å². The molecule has 3 rings (SSSR count). The van der Waals surface area contributed by atoms with Crippen LogP contribution in [0.15, 0.2) is 48.5 Å². The van der Waals surface area contributed by atoms with Crippen molar-refractivity contribution in [1.29, 1.82) is 0 Å². The summed E-state index contributed by atoms with van der Waals surface area (Å²) in [5.41, 5.74) is 1.15. The van der Waals surface area contributed by atoms with E-state index in [2.05, 4.69) is 10.3 Å². The number of ether oxygens (including phenoxy) is 1. The van der Waals surface area contributed by atoms with Gasteiger partial charge in [-0.25, -0.2) is 9.00 Å². The number of imidazole rings is 1. The molecule has 0 saturated carbocycles. The molecule has 1 unspecified atom stereocenters. The van der Waals surface area contributed by atoms with Gasteiger partial charge in [-0.15, -0.1) is 0 Å². The largest absolute Gasteiger partial charge is 0.461 e. The number of para-hydroxylation sites is 1. The Morgan fingerprint density at radius 1 is 1.20 bits per heavy atom. The summed E-state index contributed by atoms with van der Waals surface area (Å²) in [6.07, 6.45) is 1.54. The summed E-state index contributed by atoms with van der Waals surface area (Å²) in [4.78, 5) is 32.7. The van der Waals surface area contributed by atoms with E-state index >= 15 is 0 Å². The van der Waals surface area contributed by atoms with Gasteiger partial charge in [0.2, 0.25) is 5.95 Å². The lowest BCUT2D eigenvalue weighted by Crippen LogP contribution is -2.20. The molecule has 0 aliphatic rings. The van der Waals surface area contributed by atoms with Gasteiger partial charge in [0.15, 0.2) is 22.6 Å². The van der Waals surface area contributed by atoms with Crippen LogP contribution in [-0.2, 0) is 21.6 Å². The van der Waals surface area contributed by atoms with Crippen molar-refractivity contribution >= 4 is 46.3 Å². The molecule has 1 amide bonds. The molecule has 35 heavy (non-hydrogen) atoms. The number of nitrogens with one attached hydrogen (secondary N) is 1. The van der Waals surface area contributed by atoms with Crippen LogP contribution in [0.1, 0.15) is 46.2 Å². The Bertz CT molecular complexity index is 1230. The lowest BCUT2D eigenvalue weighted by atomic mass is 10.1. The Labute approximate surface area is 211 Å². The maximum atomic E-state index is 13.2. The fourth-order valence-electron chi connectivity index (χ4n) is 3.39. The molecule has 0 fully saturated rings. The van der Waals surface area contributed by atoms with Crippen LogP contribution in [0.3, 0.4) is 0 Å². The van der Waals surface area contributed by atoms with Gasteiger partial charge in [-0.05, 0) is 42.3 Å². The van der Waals surface area contributed by atoms with Crippen molar-refractivity contribution in [3.8, 4) is 5.69 Å². The van der Waals surface area contributed by atoms with Crippen molar-refractivity contribution in [2.75, 3.05) is 30.9 Å². The summed E-state index contributed by atoms with van der Waals surface area (Å²) in [5, 5.41) is 3.02. The third-order valence-corrected chi connectivity index (χ3v) is 5.81. The van der Waals surface area contributed by atoms with Crippen LogP contribution < -0.4 is 10.2 Å². The zero-order chi connectivity index (χ0) is 25.5. The average Bonchev–Trinajstić information content (AvgIpc) is 3.19. The van der Waals surface area contributed by atoms with Gasteiger partial charge >= 0.3 is 5.97 Å². The Kier molecular flexibility index (Phi) is 9.02. The lowest BCUT2D eigenvalue weighted by molar-refractivity contribution is 0.0492. The number of anilines is 2. The van der Waals surface area contributed by atoms with Crippen LogP contribution in [0.5, 0.6) is 0 Å². The first-order valence-corrected chi connectivity index (χ1v) is 12.6. The second-order valence-corrected chi connectivity index (χ2v) is 9.25. The minimum Gasteiger partial charge on any atom is -0.461 e. The summed E-state index contributed by atoms with van der Waals surface area (Å²) in [6.45, 7) is 2.21. The molecule has 0 aliphatic carbocycles. The number of amides is 1. The molecule has 11 heteroatoms. The molecule has 1 aromatic heterocycles. The van der Waals surface area contributed by atoms with E-state index in [4.69, 9.17) is 16.3 Å². The van der Waals surface area contributed by atoms with Gasteiger partial charge in [0, 0.05) is 30.4 Å². The molecule has 1 heterocycles. The van der Waals surface area contributed by atoms with E-state index in [1.54, 1.807) is 23.6 Å². The van der Waals surface area contributed by atoms with Crippen LogP contribution in [0.4, 0.5) is 11.8 Å². The van der Waals surface area contributed by atoms with E-state index in [1.165, 1.54) is 18.2 Å². The van der Waals surface area contributed by atoms with Crippen LogP contribution >= 0.6 is 11.6 Å². The van der Waals surface area contributed by atoms with Gasteiger partial charge in [-0.1, -0.05) is 43.1 Å². The second kappa shape index (κ2) is 12.0. The molecule has 2 aromatic carbocycles. The van der Waals surface area contributed by atoms with Gasteiger partial charge < -0.3 is 19.5 Å². The minimum atomic E-state index is -2.18. The smallest absolute Gasteiger partial charge is 0.359 e. The predicted octanol–water partition coefficient (Wildman–Crippen LogP) is 4.52. The normalized spacial score (nSPS) is 11.7. The van der Waals surface area contributed by atoms with Crippen molar-refractivity contribution in [3.05, 3.63) is 70.4 Å². The maximum absolute atomic E-state index is 13.2. The standard InChI is InChI=1S/C24H27ClN4O5S/c1-4-5-13-34-23(31)20-21(27-24(28(2)3)29(20)18-9-7-6-8-10-18)26-22(30)19-12-11-17(25)14-16(19)15-35(32)33/h6-12,14H,4-5,13,15H2,1-3H3,(H,26,30)(H,32,33). The van der Waals surface area contributed by atoms with Gasteiger partial charge in [0.1, 0.15) is 0 Å². The molecule has 186 valence electrons. The number of esters is 1. The number of hydrogen-bond acceptors (Lipinski definition) is 6. The Morgan fingerprint density at radius 3 is 2.54 bits per heavy atom. The van der Waals surface area contributed by atoms with Gasteiger partial charge in [0.25, 0.3) is 5.91 Å². The van der Waals surface area contributed by atoms with Crippen LogP contribution in [-0.4, -0.2) is 50.9 Å². The third-order valence-electron chi connectivity index (χ3n) is 5.02. The summed E-state index contributed by atoms with van der Waals surface area (Å²) in [5.74, 6) is -1.10. The summed E-state index contributed by atoms with van der Waals surface area (Å²) in [7, 11) is 3.54. The molecule has 3 aromatic rings. The first-order valence-electron chi connectivity index (χ1n) is 10.9. The van der Waals surface area contributed by atoms with Gasteiger partial charge in [-0.2, -0.15) is 4.98 Å². The number of aromatic nitrogens is 2. The number of halogens is 1. The number of rotatable bonds is 10. The van der Waals surface area contributed by atoms with Crippen molar-refractivity contribution < 1.29 is 23.1 Å². The highest BCUT2D eigenvalue weighted by molar-refractivity contribution is 7.78. The predicted molar refractivity (Wildman–Crippen MR) is 137 cm³/mol. The lowest BCUT2D eigenvalue weighted by Gasteiger charge is -2.16. The quantitative estimate of drug-likeness (QED) is 0.230. The fraction of sp³-hybridized carbons (Fsp3) is 0.292. The minimum absolute atomic E-state index is 0.00933. The van der Waals surface area contributed by atoms with Crippen molar-refractivity contribution in [2.45, 2.75) is 25.5 Å². The molecule has 1 atom stereocenters. The molecule has 2 N–H and O–H groups in total. The van der Waals surface area contributed by atoms with E-state index in [0.717, 1.165) is 6.42 Å². The van der Waals surface area contributed by atoms with E-state index in [9.17, 15) is 18.4 Å². The maximum Gasteiger partial charge on any atom is 0.359 e. The van der Waals surface area contributed by atoms with E-state index in [1.807, 2.05) is 37.3 Å². The summed E-state index contributed by atoms with van der Waals surface area (Å²) < 4.78 is 27.9. The first-order chi connectivity index (χ1) is 16.7. The molecule has 0 radical (unpaired) electrons. The number of unbranched alkanes of at least 4 members (excludes halogenated alkanes) is 1. The molecule has 0 bridgehead atoms. The monoisotopic (exact) mass is 518 g/mol. The second-order valence-electron chi connectivity index (χ2n) is 7.89. The molecule has 0 saturated heterocycles. The topological polar surface area (TPSA) is 114 Å². The average molecular weight is 519 g/mol. The Hall–Kier alpha value is -3.21. The Morgan fingerprint density at radius 2 is 1.91 bits per heavy atom. The molecular formula is C24H27ClN4O5S. The molecule has 9 nitrogen and oxygen atoms in total. The van der Waals surface area contributed by atoms with Crippen LogP contribution in [0.25, 0.3) is 5.69 Å². The van der Waals surface area contributed by atoms with Crippen molar-refractivity contribution in [2.24, 2.45) is 0 Å².